The summed E-state index contributed by atoms with van der Waals surface area (Å²) in [6.07, 6.45) is 42.4. The van der Waals surface area contributed by atoms with Gasteiger partial charge in [-0.1, -0.05) is 219 Å². The number of phosphoric ester groups is 1. The number of phosphoric acid groups is 1. The van der Waals surface area contributed by atoms with Crippen molar-refractivity contribution in [1.29, 1.82) is 0 Å². The summed E-state index contributed by atoms with van der Waals surface area (Å²) in [4.78, 5) is 25.4. The molecule has 9 heteroatoms. The number of aliphatic hydroxyl groups is 1. The van der Waals surface area contributed by atoms with Crippen LogP contribution in [0.4, 0.5) is 0 Å². The summed E-state index contributed by atoms with van der Waals surface area (Å²) in [7, 11) is 1.32. The molecule has 0 fully saturated rings. The fourth-order valence-electron chi connectivity index (χ4n) is 7.28. The highest BCUT2D eigenvalue weighted by Gasteiger charge is 2.24. The number of rotatable bonds is 44. The van der Waals surface area contributed by atoms with Crippen LogP contribution in [-0.2, 0) is 18.4 Å². The molecule has 1 amide bonds. The molecule has 2 N–H and O–H groups in total. The number of quaternary nitrogens is 1. The topological polar surface area (TPSA) is 108 Å². The van der Waals surface area contributed by atoms with Crippen LogP contribution in [0.25, 0.3) is 0 Å². The second-order valence-electron chi connectivity index (χ2n) is 17.8. The molecule has 8 nitrogen and oxygen atoms in total. The van der Waals surface area contributed by atoms with Crippen molar-refractivity contribution < 1.29 is 32.9 Å². The van der Waals surface area contributed by atoms with Gasteiger partial charge in [-0.25, -0.2) is 0 Å². The van der Waals surface area contributed by atoms with Crippen molar-refractivity contribution in [3.8, 4) is 0 Å². The first-order valence-electron chi connectivity index (χ1n) is 23.9. The number of amides is 1. The first-order chi connectivity index (χ1) is 26.5. The first-order valence-corrected chi connectivity index (χ1v) is 25.3. The molecular formula is C46H95N2O6P. The average molecular weight is 803 g/mol. The van der Waals surface area contributed by atoms with E-state index in [1.165, 1.54) is 173 Å². The second-order valence-corrected chi connectivity index (χ2v) is 19.2. The Morgan fingerprint density at radius 2 is 0.891 bits per heavy atom. The van der Waals surface area contributed by atoms with Gasteiger partial charge in [-0.2, -0.15) is 0 Å². The van der Waals surface area contributed by atoms with Crippen molar-refractivity contribution in [3.05, 3.63) is 0 Å². The van der Waals surface area contributed by atoms with Crippen LogP contribution < -0.4 is 10.2 Å². The van der Waals surface area contributed by atoms with Crippen LogP contribution in [0.3, 0.4) is 0 Å². The number of nitrogens with one attached hydrogen (secondary N) is 1. The molecule has 0 aromatic heterocycles. The summed E-state index contributed by atoms with van der Waals surface area (Å²) in [6, 6.07) is -0.793. The van der Waals surface area contributed by atoms with Gasteiger partial charge in [0, 0.05) is 6.42 Å². The van der Waals surface area contributed by atoms with Crippen LogP contribution in [-0.4, -0.2) is 68.5 Å². The smallest absolute Gasteiger partial charge is 0.268 e. The fraction of sp³-hybridized carbons (Fsp3) is 0.978. The van der Waals surface area contributed by atoms with Gasteiger partial charge in [-0.05, 0) is 12.8 Å². The lowest BCUT2D eigenvalue weighted by molar-refractivity contribution is -0.870. The molecule has 0 radical (unpaired) electrons. The zero-order chi connectivity index (χ0) is 40.7. The van der Waals surface area contributed by atoms with Gasteiger partial charge in [0.2, 0.25) is 5.91 Å². The van der Waals surface area contributed by atoms with E-state index in [2.05, 4.69) is 19.2 Å². The molecule has 0 heterocycles. The number of hydrogen-bond donors (Lipinski definition) is 2. The van der Waals surface area contributed by atoms with E-state index in [0.29, 0.717) is 23.9 Å². The Bertz CT molecular complexity index is 870. The Hall–Kier alpha value is -0.500. The molecule has 0 saturated carbocycles. The molecule has 0 aromatic carbocycles. The molecule has 0 aliphatic heterocycles. The number of nitrogens with zero attached hydrogens (tertiary/aromatic N) is 1. The van der Waals surface area contributed by atoms with Gasteiger partial charge < -0.3 is 28.8 Å². The van der Waals surface area contributed by atoms with Crippen LogP contribution in [0, 0.1) is 0 Å². The van der Waals surface area contributed by atoms with E-state index in [1.54, 1.807) is 0 Å². The Morgan fingerprint density at radius 3 is 1.24 bits per heavy atom. The molecule has 0 aliphatic carbocycles. The zero-order valence-corrected chi connectivity index (χ0v) is 38.3. The monoisotopic (exact) mass is 803 g/mol. The van der Waals surface area contributed by atoms with Crippen molar-refractivity contribution in [3.63, 3.8) is 0 Å². The molecule has 0 saturated heterocycles. The van der Waals surface area contributed by atoms with Crippen molar-refractivity contribution in [2.45, 2.75) is 251 Å². The lowest BCUT2D eigenvalue weighted by atomic mass is 10.0. The van der Waals surface area contributed by atoms with Crippen molar-refractivity contribution in [2.75, 3.05) is 40.9 Å². The fourth-order valence-corrected chi connectivity index (χ4v) is 8.00. The van der Waals surface area contributed by atoms with Gasteiger partial charge in [0.05, 0.1) is 39.9 Å². The van der Waals surface area contributed by atoms with E-state index >= 15 is 0 Å². The van der Waals surface area contributed by atoms with Crippen LogP contribution in [0.1, 0.15) is 239 Å². The molecule has 330 valence electrons. The quantitative estimate of drug-likeness (QED) is 0.0361. The van der Waals surface area contributed by atoms with E-state index < -0.39 is 20.0 Å². The van der Waals surface area contributed by atoms with Gasteiger partial charge in [-0.3, -0.25) is 9.36 Å². The van der Waals surface area contributed by atoms with Crippen molar-refractivity contribution in [1.82, 2.24) is 5.32 Å². The van der Waals surface area contributed by atoms with E-state index in [9.17, 15) is 19.4 Å². The summed E-state index contributed by atoms with van der Waals surface area (Å²) in [5.74, 6) is -0.160. The van der Waals surface area contributed by atoms with Gasteiger partial charge >= 0.3 is 0 Å². The molecule has 55 heavy (non-hydrogen) atoms. The first kappa shape index (κ1) is 54.5. The summed E-state index contributed by atoms with van der Waals surface area (Å²) >= 11 is 0. The maximum absolute atomic E-state index is 12.9. The standard InChI is InChI=1S/C46H95N2O6P/c1-6-8-10-12-14-16-18-20-22-24-26-28-30-32-34-36-38-40-46(50)47-44(43-54-55(51,52)53-42-41-48(3,4)5)45(49)39-37-35-33-31-29-27-25-23-21-19-17-15-13-11-9-7-2/h44-45,49H,6-43H2,1-5H3,(H-,47,50,51,52)/t44-,45+/m0/s1. The van der Waals surface area contributed by atoms with Crippen LogP contribution >= 0.6 is 7.82 Å². The number of likely N-dealkylation sites (N-methyl/N-ethyl adjacent to an activating group) is 1. The summed E-state index contributed by atoms with van der Waals surface area (Å²) < 4.78 is 23.3. The summed E-state index contributed by atoms with van der Waals surface area (Å²) in [5, 5.41) is 13.9. The predicted molar refractivity (Wildman–Crippen MR) is 233 cm³/mol. The number of unbranched alkanes of at least 4 members (excludes halogenated alkanes) is 31. The minimum absolute atomic E-state index is 0.0162. The minimum atomic E-state index is -4.56. The summed E-state index contributed by atoms with van der Waals surface area (Å²) in [6.45, 7) is 4.75. The lowest BCUT2D eigenvalue weighted by Gasteiger charge is -2.30. The van der Waals surface area contributed by atoms with E-state index in [4.69, 9.17) is 9.05 Å². The maximum Gasteiger partial charge on any atom is 0.268 e. The molecule has 0 spiro atoms. The van der Waals surface area contributed by atoms with E-state index in [-0.39, 0.29) is 19.1 Å². The lowest BCUT2D eigenvalue weighted by Crippen LogP contribution is -2.46. The van der Waals surface area contributed by atoms with Gasteiger partial charge in [-0.15, -0.1) is 0 Å². The Morgan fingerprint density at radius 1 is 0.564 bits per heavy atom. The minimum Gasteiger partial charge on any atom is -0.756 e. The normalized spacial score (nSPS) is 14.2. The van der Waals surface area contributed by atoms with E-state index in [0.717, 1.165) is 38.5 Å². The summed E-state index contributed by atoms with van der Waals surface area (Å²) in [5.41, 5.74) is 0. The SMILES string of the molecule is CCCCCCCCCCCCCCCCCCCC(=O)N[C@@H](COP(=O)([O-])OCC[N+](C)(C)C)[C@H](O)CCCCCCCCCCCCCCCCCC. The largest absolute Gasteiger partial charge is 0.756 e. The number of hydrogen-bond acceptors (Lipinski definition) is 6. The third-order valence-electron chi connectivity index (χ3n) is 11.1. The third-order valence-corrected chi connectivity index (χ3v) is 12.1. The van der Waals surface area contributed by atoms with Crippen molar-refractivity contribution in [2.24, 2.45) is 0 Å². The Balaban J connectivity index is 4.28. The molecule has 1 unspecified atom stereocenters. The molecule has 0 bridgehead atoms. The van der Waals surface area contributed by atoms with Crippen LogP contribution in [0.2, 0.25) is 0 Å². The third kappa shape index (κ3) is 41.5. The maximum atomic E-state index is 12.9. The molecule has 0 aliphatic rings. The van der Waals surface area contributed by atoms with Gasteiger partial charge in [0.25, 0.3) is 7.82 Å². The van der Waals surface area contributed by atoms with Gasteiger partial charge in [0.1, 0.15) is 13.2 Å². The number of aliphatic hydroxyl groups excluding tert-OH is 1. The number of carbonyl (C=O) groups is 1. The van der Waals surface area contributed by atoms with E-state index in [1.807, 2.05) is 21.1 Å². The van der Waals surface area contributed by atoms with Crippen molar-refractivity contribution >= 4 is 13.7 Å². The van der Waals surface area contributed by atoms with Crippen LogP contribution in [0.5, 0.6) is 0 Å². The average Bonchev–Trinajstić information content (AvgIpc) is 3.13. The highest BCUT2D eigenvalue weighted by atomic mass is 31.2. The Kier molecular flexibility index (Phi) is 38.6. The highest BCUT2D eigenvalue weighted by Crippen LogP contribution is 2.38. The number of carbonyl (C=O) groups excluding carboxylic acids is 1. The predicted octanol–water partition coefficient (Wildman–Crippen LogP) is 12.7. The molecular weight excluding hydrogens is 707 g/mol. The van der Waals surface area contributed by atoms with Gasteiger partial charge in [0.15, 0.2) is 0 Å². The zero-order valence-electron chi connectivity index (χ0n) is 37.4. The molecule has 3 atom stereocenters. The molecule has 0 aromatic rings. The highest BCUT2D eigenvalue weighted by molar-refractivity contribution is 7.45. The molecule has 0 rings (SSSR count). The Labute approximate surface area is 342 Å². The second kappa shape index (κ2) is 39.0. The van der Waals surface area contributed by atoms with Crippen LogP contribution in [0.15, 0.2) is 0 Å².